The lowest BCUT2D eigenvalue weighted by Gasteiger charge is -2.68. The molecular weight excluding hydrogens is 441 g/mol. The number of fused-ring (bicyclic) bond motifs is 1. The Morgan fingerprint density at radius 3 is 2.34 bits per heavy atom. The number of nitrogens with zero attached hydrogens (tertiary/aromatic N) is 2. The minimum Gasteiger partial charge on any atom is -0.424 e. The van der Waals surface area contributed by atoms with Gasteiger partial charge in [-0.15, -0.1) is 23.4 Å². The van der Waals surface area contributed by atoms with E-state index in [4.69, 9.17) is 9.15 Å². The molecule has 0 saturated heterocycles. The molecule has 176 valence electrons. The SMILES string of the molecule is O=C(COC1CC2C(C1)C2(F)F)NC12CC(c3nnc([C@H]4C[C@@H](OC(F)(F)F)C4)o3)(C1)C2. The second kappa shape index (κ2) is 6.40. The van der Waals surface area contributed by atoms with Crippen molar-refractivity contribution in [3.05, 3.63) is 11.8 Å². The van der Waals surface area contributed by atoms with Gasteiger partial charge in [-0.3, -0.25) is 9.53 Å². The Kier molecular flexibility index (Phi) is 4.15. The molecule has 0 radical (unpaired) electrons. The van der Waals surface area contributed by atoms with Gasteiger partial charge >= 0.3 is 6.36 Å². The number of hydrogen-bond acceptors (Lipinski definition) is 6. The maximum atomic E-state index is 13.2. The number of nitrogens with one attached hydrogen (secondary N) is 1. The fourth-order valence-corrected chi connectivity index (χ4v) is 6.24. The number of amides is 1. The van der Waals surface area contributed by atoms with Crippen LogP contribution in [0.25, 0.3) is 0 Å². The molecule has 0 aromatic carbocycles. The average Bonchev–Trinajstić information content (AvgIpc) is 3.06. The van der Waals surface area contributed by atoms with Crippen LogP contribution in [0, 0.1) is 11.8 Å². The van der Waals surface area contributed by atoms with Crippen molar-refractivity contribution in [1.29, 1.82) is 0 Å². The minimum absolute atomic E-state index is 0.141. The summed E-state index contributed by atoms with van der Waals surface area (Å²) in [5.74, 6) is -3.42. The van der Waals surface area contributed by atoms with Gasteiger partial charge in [-0.1, -0.05) is 0 Å². The molecule has 0 spiro atoms. The van der Waals surface area contributed by atoms with Crippen LogP contribution in [0.15, 0.2) is 4.42 Å². The van der Waals surface area contributed by atoms with E-state index in [1.807, 2.05) is 0 Å². The zero-order valence-corrected chi connectivity index (χ0v) is 17.0. The highest BCUT2D eigenvalue weighted by Gasteiger charge is 2.73. The van der Waals surface area contributed by atoms with Gasteiger partial charge in [0.25, 0.3) is 5.92 Å². The normalized spacial score (nSPS) is 43.0. The summed E-state index contributed by atoms with van der Waals surface area (Å²) in [6, 6.07) is 0. The van der Waals surface area contributed by atoms with Crippen LogP contribution in [0.2, 0.25) is 0 Å². The lowest BCUT2D eigenvalue weighted by Crippen LogP contribution is -2.77. The molecule has 1 heterocycles. The quantitative estimate of drug-likeness (QED) is 0.625. The Balaban J connectivity index is 0.940. The van der Waals surface area contributed by atoms with Crippen molar-refractivity contribution < 1.29 is 40.6 Å². The van der Waals surface area contributed by atoms with E-state index in [2.05, 4.69) is 20.3 Å². The molecule has 32 heavy (non-hydrogen) atoms. The predicted molar refractivity (Wildman–Crippen MR) is 94.5 cm³/mol. The molecule has 6 fully saturated rings. The van der Waals surface area contributed by atoms with Crippen molar-refractivity contribution in [2.75, 3.05) is 6.61 Å². The van der Waals surface area contributed by atoms with E-state index in [1.165, 1.54) is 0 Å². The summed E-state index contributed by atoms with van der Waals surface area (Å²) in [5.41, 5.74) is -0.620. The number of alkyl halides is 5. The van der Waals surface area contributed by atoms with Gasteiger partial charge < -0.3 is 14.5 Å². The van der Waals surface area contributed by atoms with Crippen molar-refractivity contribution >= 4 is 5.91 Å². The second-order valence-electron chi connectivity index (χ2n) is 10.2. The van der Waals surface area contributed by atoms with E-state index >= 15 is 0 Å². The van der Waals surface area contributed by atoms with E-state index in [9.17, 15) is 26.7 Å². The molecule has 7 rings (SSSR count). The van der Waals surface area contributed by atoms with Crippen LogP contribution in [0.4, 0.5) is 22.0 Å². The third kappa shape index (κ3) is 3.24. The van der Waals surface area contributed by atoms with Gasteiger partial charge in [-0.2, -0.15) is 0 Å². The lowest BCUT2D eigenvalue weighted by molar-refractivity contribution is -0.352. The van der Waals surface area contributed by atoms with Gasteiger partial charge in [0.1, 0.15) is 6.61 Å². The van der Waals surface area contributed by atoms with Crippen molar-refractivity contribution in [3.63, 3.8) is 0 Å². The number of carbonyl (C=O) groups excluding carboxylic acids is 1. The van der Waals surface area contributed by atoms with Gasteiger partial charge in [0, 0.05) is 23.3 Å². The minimum atomic E-state index is -4.64. The molecule has 1 N–H and O–H groups in total. The van der Waals surface area contributed by atoms with Gasteiger partial charge in [0.2, 0.25) is 17.7 Å². The number of halogens is 5. The van der Waals surface area contributed by atoms with Crippen molar-refractivity contribution in [3.8, 4) is 0 Å². The largest absolute Gasteiger partial charge is 0.522 e. The number of hydrogen-bond donors (Lipinski definition) is 1. The molecule has 1 aromatic heterocycles. The Labute approximate surface area is 179 Å². The van der Waals surface area contributed by atoms with Crippen LogP contribution in [0.3, 0.4) is 0 Å². The Morgan fingerprint density at radius 2 is 1.72 bits per heavy atom. The lowest BCUT2D eigenvalue weighted by atomic mass is 9.39. The first-order valence-corrected chi connectivity index (χ1v) is 10.9. The highest BCUT2D eigenvalue weighted by Crippen LogP contribution is 2.67. The van der Waals surface area contributed by atoms with Crippen molar-refractivity contribution in [2.45, 2.75) is 86.3 Å². The fourth-order valence-electron chi connectivity index (χ4n) is 6.24. The highest BCUT2D eigenvalue weighted by molar-refractivity contribution is 5.79. The van der Waals surface area contributed by atoms with E-state index < -0.39 is 30.2 Å². The number of carbonyl (C=O) groups is 1. The average molecular weight is 463 g/mol. The van der Waals surface area contributed by atoms with Gasteiger partial charge in [0.15, 0.2) is 0 Å². The number of ether oxygens (including phenoxy) is 2. The summed E-state index contributed by atoms with van der Waals surface area (Å²) in [4.78, 5) is 12.2. The summed E-state index contributed by atoms with van der Waals surface area (Å²) in [5, 5.41) is 11.1. The zero-order chi connectivity index (χ0) is 22.5. The molecule has 7 nitrogen and oxygen atoms in total. The van der Waals surface area contributed by atoms with Gasteiger partial charge in [-0.05, 0) is 44.9 Å². The first-order valence-electron chi connectivity index (χ1n) is 10.9. The van der Waals surface area contributed by atoms with E-state index in [0.29, 0.717) is 43.9 Å². The molecule has 6 aliphatic rings. The summed E-state index contributed by atoms with van der Waals surface area (Å²) >= 11 is 0. The molecule has 2 unspecified atom stereocenters. The molecule has 6 aliphatic carbocycles. The highest BCUT2D eigenvalue weighted by atomic mass is 19.4. The molecule has 0 aliphatic heterocycles. The summed E-state index contributed by atoms with van der Waals surface area (Å²) in [6.45, 7) is -0.141. The second-order valence-corrected chi connectivity index (χ2v) is 10.2. The van der Waals surface area contributed by atoms with Crippen LogP contribution in [-0.4, -0.2) is 52.7 Å². The third-order valence-corrected chi connectivity index (χ3v) is 7.92. The van der Waals surface area contributed by atoms with Crippen molar-refractivity contribution in [2.24, 2.45) is 11.8 Å². The number of aromatic nitrogens is 2. The summed E-state index contributed by atoms with van der Waals surface area (Å²) in [6.07, 6.45) is -2.85. The predicted octanol–water partition coefficient (Wildman–Crippen LogP) is 3.20. The van der Waals surface area contributed by atoms with Crippen LogP contribution < -0.4 is 5.32 Å². The standard InChI is InChI=1S/C20H22F5N3O4/c21-19(22)12-3-10(4-13(12)19)30-5-14(29)26-18-6-17(7-18,8-18)16-28-27-15(31-16)9-1-11(2-9)32-20(23,24)25/h9-13H,1-8H2,(H,26,29)/t9-,10?,11+,12?,13?,17?,18?. The molecule has 12 heteroatoms. The number of rotatable bonds is 7. The molecule has 2 atom stereocenters. The van der Waals surface area contributed by atoms with Crippen molar-refractivity contribution in [1.82, 2.24) is 15.5 Å². The maximum absolute atomic E-state index is 13.2. The molecular formula is C20H22F5N3O4. The van der Waals surface area contributed by atoms with Crippen LogP contribution in [-0.2, 0) is 19.7 Å². The fraction of sp³-hybridized carbons (Fsp3) is 0.850. The topological polar surface area (TPSA) is 86.5 Å². The molecule has 6 saturated carbocycles. The first-order chi connectivity index (χ1) is 15.0. The summed E-state index contributed by atoms with van der Waals surface area (Å²) < 4.78 is 78.4. The van der Waals surface area contributed by atoms with E-state index in [1.54, 1.807) is 0 Å². The molecule has 2 bridgehead atoms. The third-order valence-electron chi connectivity index (χ3n) is 7.92. The van der Waals surface area contributed by atoms with Crippen LogP contribution >= 0.6 is 0 Å². The zero-order valence-electron chi connectivity index (χ0n) is 17.0. The first kappa shape index (κ1) is 20.8. The van der Waals surface area contributed by atoms with Gasteiger partial charge in [0.05, 0.1) is 17.6 Å². The Bertz CT molecular complexity index is 910. The van der Waals surface area contributed by atoms with Gasteiger partial charge in [-0.25, -0.2) is 8.78 Å². The monoisotopic (exact) mass is 463 g/mol. The summed E-state index contributed by atoms with van der Waals surface area (Å²) in [7, 11) is 0. The Hall–Kier alpha value is -1.82. The van der Waals surface area contributed by atoms with Crippen LogP contribution in [0.5, 0.6) is 0 Å². The molecule has 1 aromatic rings. The van der Waals surface area contributed by atoms with Crippen LogP contribution in [0.1, 0.15) is 62.6 Å². The van der Waals surface area contributed by atoms with E-state index in [0.717, 1.165) is 0 Å². The molecule has 1 amide bonds. The maximum Gasteiger partial charge on any atom is 0.522 e. The Morgan fingerprint density at radius 1 is 1.06 bits per heavy atom. The smallest absolute Gasteiger partial charge is 0.424 e. The van der Waals surface area contributed by atoms with E-state index in [-0.39, 0.29) is 48.3 Å².